The predicted octanol–water partition coefficient (Wildman–Crippen LogP) is 2.09. The molecule has 0 saturated carbocycles. The van der Waals surface area contributed by atoms with E-state index in [1.54, 1.807) is 12.1 Å². The Kier molecular flexibility index (Phi) is 3.09. The van der Waals surface area contributed by atoms with Gasteiger partial charge in [0.1, 0.15) is 5.82 Å². The summed E-state index contributed by atoms with van der Waals surface area (Å²) in [6.07, 6.45) is -3.15. The van der Waals surface area contributed by atoms with Crippen molar-refractivity contribution in [1.82, 2.24) is 14.5 Å². The zero-order chi connectivity index (χ0) is 15.9. The van der Waals surface area contributed by atoms with Crippen LogP contribution in [0.15, 0.2) is 52.2 Å². The molecule has 112 valence electrons. The minimum atomic E-state index is -4.55. The molecule has 22 heavy (non-hydrogen) atoms. The number of pyridine rings is 1. The van der Waals surface area contributed by atoms with Crippen molar-refractivity contribution in [1.29, 1.82) is 0 Å². The molecule has 0 aliphatic carbocycles. The molecule has 0 aliphatic rings. The smallest absolute Gasteiger partial charge is 0.306 e. The normalized spacial score (nSPS) is 11.8. The van der Waals surface area contributed by atoms with E-state index in [1.807, 2.05) is 0 Å². The van der Waals surface area contributed by atoms with Crippen molar-refractivity contribution in [2.24, 2.45) is 0 Å². The monoisotopic (exact) mass is 307 g/mol. The lowest BCUT2D eigenvalue weighted by Crippen LogP contribution is -2.34. The van der Waals surface area contributed by atoms with Crippen LogP contribution in [-0.2, 0) is 6.18 Å². The number of fused-ring (bicyclic) bond motifs is 1. The number of benzene rings is 1. The number of H-pyrrole nitrogens is 1. The average Bonchev–Trinajstić information content (AvgIpc) is 2.47. The highest BCUT2D eigenvalue weighted by Gasteiger charge is 2.30. The van der Waals surface area contributed by atoms with Crippen molar-refractivity contribution in [3.8, 4) is 5.82 Å². The number of nitrogens with one attached hydrogen (secondary N) is 1. The van der Waals surface area contributed by atoms with Crippen LogP contribution in [0.25, 0.3) is 16.7 Å². The SMILES string of the molecule is O=c1[nH]c2cc(C(F)(F)F)ccc2c(=O)n1-c1ccccn1. The van der Waals surface area contributed by atoms with E-state index in [0.717, 1.165) is 22.8 Å². The van der Waals surface area contributed by atoms with Crippen LogP contribution in [0.5, 0.6) is 0 Å². The van der Waals surface area contributed by atoms with Crippen LogP contribution < -0.4 is 11.2 Å². The van der Waals surface area contributed by atoms with Crippen molar-refractivity contribution in [2.45, 2.75) is 6.18 Å². The molecule has 0 fully saturated rings. The lowest BCUT2D eigenvalue weighted by Gasteiger charge is -2.09. The van der Waals surface area contributed by atoms with E-state index in [0.29, 0.717) is 0 Å². The van der Waals surface area contributed by atoms with Gasteiger partial charge in [0, 0.05) is 6.20 Å². The molecule has 8 heteroatoms. The highest BCUT2D eigenvalue weighted by atomic mass is 19.4. The summed E-state index contributed by atoms with van der Waals surface area (Å²) in [6, 6.07) is 7.22. The molecular weight excluding hydrogens is 299 g/mol. The van der Waals surface area contributed by atoms with E-state index in [-0.39, 0.29) is 16.7 Å². The van der Waals surface area contributed by atoms with Crippen LogP contribution in [0.3, 0.4) is 0 Å². The fourth-order valence-corrected chi connectivity index (χ4v) is 2.09. The number of alkyl halides is 3. The third-order valence-corrected chi connectivity index (χ3v) is 3.10. The minimum absolute atomic E-state index is 0.0294. The quantitative estimate of drug-likeness (QED) is 0.748. The Balaban J connectivity index is 2.32. The largest absolute Gasteiger partial charge is 0.416 e. The summed E-state index contributed by atoms with van der Waals surface area (Å²) >= 11 is 0. The second-order valence-corrected chi connectivity index (χ2v) is 4.52. The predicted molar refractivity (Wildman–Crippen MR) is 73.0 cm³/mol. The summed E-state index contributed by atoms with van der Waals surface area (Å²) < 4.78 is 38.8. The molecular formula is C14H8F3N3O2. The first kappa shape index (κ1) is 14.1. The summed E-state index contributed by atoms with van der Waals surface area (Å²) in [6.45, 7) is 0. The molecule has 0 aliphatic heterocycles. The molecule has 2 heterocycles. The summed E-state index contributed by atoms with van der Waals surface area (Å²) in [5.74, 6) is 0.0931. The van der Waals surface area contributed by atoms with E-state index in [9.17, 15) is 22.8 Å². The maximum atomic E-state index is 12.7. The minimum Gasteiger partial charge on any atom is -0.306 e. The van der Waals surface area contributed by atoms with E-state index >= 15 is 0 Å². The van der Waals surface area contributed by atoms with Gasteiger partial charge in [0.15, 0.2) is 0 Å². The van der Waals surface area contributed by atoms with Crippen molar-refractivity contribution < 1.29 is 13.2 Å². The Morgan fingerprint density at radius 3 is 2.50 bits per heavy atom. The van der Waals surface area contributed by atoms with Crippen LogP contribution in [-0.4, -0.2) is 14.5 Å². The number of halogens is 3. The van der Waals surface area contributed by atoms with Crippen LogP contribution >= 0.6 is 0 Å². The molecule has 3 aromatic rings. The number of hydrogen-bond donors (Lipinski definition) is 1. The first-order valence-electron chi connectivity index (χ1n) is 6.15. The summed E-state index contributed by atoms with van der Waals surface area (Å²) in [5, 5.41) is -0.0294. The fraction of sp³-hybridized carbons (Fsp3) is 0.0714. The number of aromatic nitrogens is 3. The van der Waals surface area contributed by atoms with Crippen LogP contribution in [0, 0.1) is 0 Å². The van der Waals surface area contributed by atoms with Gasteiger partial charge < -0.3 is 4.98 Å². The zero-order valence-corrected chi connectivity index (χ0v) is 10.9. The Bertz CT molecular complexity index is 959. The molecule has 5 nitrogen and oxygen atoms in total. The summed E-state index contributed by atoms with van der Waals surface area (Å²) in [4.78, 5) is 30.5. The van der Waals surface area contributed by atoms with Crippen molar-refractivity contribution in [3.63, 3.8) is 0 Å². The second-order valence-electron chi connectivity index (χ2n) is 4.52. The lowest BCUT2D eigenvalue weighted by molar-refractivity contribution is -0.137. The lowest BCUT2D eigenvalue weighted by atomic mass is 10.1. The Morgan fingerprint density at radius 2 is 1.86 bits per heavy atom. The molecule has 0 spiro atoms. The van der Waals surface area contributed by atoms with E-state index in [2.05, 4.69) is 9.97 Å². The molecule has 0 radical (unpaired) electrons. The van der Waals surface area contributed by atoms with Gasteiger partial charge in [0.2, 0.25) is 0 Å². The highest BCUT2D eigenvalue weighted by Crippen LogP contribution is 2.30. The van der Waals surface area contributed by atoms with Gasteiger partial charge in [0.25, 0.3) is 5.56 Å². The van der Waals surface area contributed by atoms with E-state index in [1.165, 1.54) is 12.3 Å². The van der Waals surface area contributed by atoms with Gasteiger partial charge in [-0.1, -0.05) is 6.07 Å². The fourth-order valence-electron chi connectivity index (χ4n) is 2.09. The molecule has 0 atom stereocenters. The third kappa shape index (κ3) is 2.28. The van der Waals surface area contributed by atoms with Crippen molar-refractivity contribution >= 4 is 10.9 Å². The summed E-state index contributed by atoms with van der Waals surface area (Å²) in [7, 11) is 0. The highest BCUT2D eigenvalue weighted by molar-refractivity contribution is 5.78. The number of hydrogen-bond acceptors (Lipinski definition) is 3. The first-order chi connectivity index (χ1) is 10.4. The van der Waals surface area contributed by atoms with Gasteiger partial charge in [-0.3, -0.25) is 4.79 Å². The van der Waals surface area contributed by atoms with Crippen LogP contribution in [0.4, 0.5) is 13.2 Å². The van der Waals surface area contributed by atoms with Gasteiger partial charge >= 0.3 is 11.9 Å². The molecule has 1 N–H and O–H groups in total. The van der Waals surface area contributed by atoms with Crippen molar-refractivity contribution in [3.05, 3.63) is 69.0 Å². The third-order valence-electron chi connectivity index (χ3n) is 3.10. The number of aromatic amines is 1. The number of rotatable bonds is 1. The average molecular weight is 307 g/mol. The summed E-state index contributed by atoms with van der Waals surface area (Å²) in [5.41, 5.74) is -2.69. The van der Waals surface area contributed by atoms with Gasteiger partial charge in [0.05, 0.1) is 16.5 Å². The van der Waals surface area contributed by atoms with Gasteiger partial charge in [-0.25, -0.2) is 14.3 Å². The molecule has 0 bridgehead atoms. The van der Waals surface area contributed by atoms with Crippen molar-refractivity contribution in [2.75, 3.05) is 0 Å². The Hall–Kier alpha value is -2.90. The maximum Gasteiger partial charge on any atom is 0.416 e. The van der Waals surface area contributed by atoms with Crippen LogP contribution in [0.1, 0.15) is 5.56 Å². The molecule has 2 aromatic heterocycles. The van der Waals surface area contributed by atoms with Gasteiger partial charge in [-0.05, 0) is 30.3 Å². The number of nitrogens with zero attached hydrogens (tertiary/aromatic N) is 2. The zero-order valence-electron chi connectivity index (χ0n) is 10.9. The molecule has 0 unspecified atom stereocenters. The van der Waals surface area contributed by atoms with Gasteiger partial charge in [-0.2, -0.15) is 13.2 Å². The first-order valence-corrected chi connectivity index (χ1v) is 6.15. The topological polar surface area (TPSA) is 67.8 Å². The Morgan fingerprint density at radius 1 is 1.09 bits per heavy atom. The second kappa shape index (κ2) is 4.83. The van der Waals surface area contributed by atoms with Crippen LogP contribution in [0.2, 0.25) is 0 Å². The maximum absolute atomic E-state index is 12.7. The molecule has 1 aromatic carbocycles. The Labute approximate surface area is 120 Å². The van der Waals surface area contributed by atoms with E-state index < -0.39 is 23.0 Å². The van der Waals surface area contributed by atoms with Gasteiger partial charge in [-0.15, -0.1) is 0 Å². The molecule has 0 amide bonds. The molecule has 0 saturated heterocycles. The standard InChI is InChI=1S/C14H8F3N3O2/c15-14(16,17)8-4-5-9-10(7-8)19-13(22)20(12(9)21)11-3-1-2-6-18-11/h1-7H,(H,19,22). The molecule has 3 rings (SSSR count). The van der Waals surface area contributed by atoms with E-state index in [4.69, 9.17) is 0 Å².